The smallest absolute Gasteiger partial charge is 0.326 e. The first-order valence-electron chi connectivity index (χ1n) is 11.0. The molecular formula is C24H25F3N6. The van der Waals surface area contributed by atoms with Gasteiger partial charge in [-0.05, 0) is 35.6 Å². The summed E-state index contributed by atoms with van der Waals surface area (Å²) in [4.78, 5) is 6.23. The van der Waals surface area contributed by atoms with Crippen molar-refractivity contribution in [3.63, 3.8) is 0 Å². The number of rotatable bonds is 4. The van der Waals surface area contributed by atoms with Crippen LogP contribution in [0.1, 0.15) is 43.4 Å². The molecule has 6 nitrogen and oxygen atoms in total. The molecule has 1 aromatic carbocycles. The van der Waals surface area contributed by atoms with Crippen LogP contribution in [0.4, 0.5) is 13.2 Å². The van der Waals surface area contributed by atoms with Gasteiger partial charge in [0.25, 0.3) is 0 Å². The van der Waals surface area contributed by atoms with Crippen molar-refractivity contribution in [2.75, 3.05) is 13.1 Å². The largest absolute Gasteiger partial charge is 0.408 e. The van der Waals surface area contributed by atoms with Crippen LogP contribution in [0.2, 0.25) is 0 Å². The second-order valence-corrected chi connectivity index (χ2v) is 8.97. The highest BCUT2D eigenvalue weighted by Gasteiger charge is 2.46. The van der Waals surface area contributed by atoms with Gasteiger partial charge in [0.05, 0.1) is 5.52 Å². The Morgan fingerprint density at radius 3 is 2.58 bits per heavy atom. The Labute approximate surface area is 189 Å². The number of para-hydroxylation sites is 1. The Bertz CT molecular complexity index is 1310. The molecule has 4 heterocycles. The lowest BCUT2D eigenvalue weighted by Gasteiger charge is -2.30. The quantitative estimate of drug-likeness (QED) is 0.484. The van der Waals surface area contributed by atoms with Crippen LogP contribution in [-0.2, 0) is 0 Å². The molecule has 4 aromatic rings. The molecule has 172 valence electrons. The highest BCUT2D eigenvalue weighted by atomic mass is 19.4. The molecule has 0 radical (unpaired) electrons. The van der Waals surface area contributed by atoms with E-state index in [0.29, 0.717) is 30.1 Å². The molecule has 1 aliphatic rings. The Morgan fingerprint density at radius 1 is 1.06 bits per heavy atom. The van der Waals surface area contributed by atoms with Gasteiger partial charge >= 0.3 is 6.18 Å². The maximum absolute atomic E-state index is 14.1. The fraction of sp³-hybridized carbons (Fsp3) is 0.375. The predicted molar refractivity (Wildman–Crippen MR) is 121 cm³/mol. The van der Waals surface area contributed by atoms with Crippen molar-refractivity contribution in [2.24, 2.45) is 5.73 Å². The normalized spacial score (nSPS) is 18.6. The lowest BCUT2D eigenvalue weighted by atomic mass is 9.99. The number of nitrogens with zero attached hydrogens (tertiary/aromatic N) is 5. The number of benzene rings is 1. The van der Waals surface area contributed by atoms with Crippen LogP contribution in [0.5, 0.6) is 0 Å². The molecule has 1 aliphatic heterocycles. The van der Waals surface area contributed by atoms with Gasteiger partial charge in [0, 0.05) is 30.7 Å². The molecule has 0 aliphatic carbocycles. The van der Waals surface area contributed by atoms with E-state index in [0.717, 1.165) is 16.5 Å². The molecular weight excluding hydrogens is 429 g/mol. The first kappa shape index (κ1) is 21.8. The minimum atomic E-state index is -4.43. The van der Waals surface area contributed by atoms with Crippen molar-refractivity contribution in [1.82, 2.24) is 24.5 Å². The van der Waals surface area contributed by atoms with Crippen LogP contribution in [0.15, 0.2) is 48.7 Å². The van der Waals surface area contributed by atoms with Gasteiger partial charge in [-0.3, -0.25) is 9.30 Å². The van der Waals surface area contributed by atoms with E-state index in [9.17, 15) is 13.2 Å². The van der Waals surface area contributed by atoms with Crippen molar-refractivity contribution in [3.8, 4) is 11.5 Å². The third-order valence-electron chi connectivity index (χ3n) is 6.27. The highest BCUT2D eigenvalue weighted by Crippen LogP contribution is 2.39. The maximum Gasteiger partial charge on any atom is 0.408 e. The van der Waals surface area contributed by atoms with Crippen molar-refractivity contribution in [3.05, 3.63) is 59.8 Å². The number of fused-ring (bicyclic) bond motifs is 2. The summed E-state index contributed by atoms with van der Waals surface area (Å²) in [5, 5.41) is 9.42. The molecule has 0 saturated carbocycles. The number of nitrogens with two attached hydrogens (primary N) is 1. The van der Waals surface area contributed by atoms with Crippen LogP contribution in [0.25, 0.3) is 28.1 Å². The summed E-state index contributed by atoms with van der Waals surface area (Å²) in [7, 11) is 0. The van der Waals surface area contributed by atoms with Gasteiger partial charge < -0.3 is 5.73 Å². The summed E-state index contributed by atoms with van der Waals surface area (Å²) >= 11 is 0. The third kappa shape index (κ3) is 3.95. The Kier molecular flexibility index (Phi) is 5.33. The van der Waals surface area contributed by atoms with E-state index in [1.807, 2.05) is 30.3 Å². The zero-order chi connectivity index (χ0) is 23.3. The minimum absolute atomic E-state index is 0.133. The number of alkyl halides is 3. The fourth-order valence-electron chi connectivity index (χ4n) is 4.66. The third-order valence-corrected chi connectivity index (χ3v) is 6.27. The molecule has 1 unspecified atom stereocenters. The zero-order valence-electron chi connectivity index (χ0n) is 18.4. The van der Waals surface area contributed by atoms with Gasteiger partial charge in [-0.15, -0.1) is 10.2 Å². The standard InChI is InChI=1S/C24H25F3N6/c1-14(2)18-5-3-4-15-6-8-19(29-21(15)18)23-31-30-20-9-7-16(12-33(20)23)22(24(25,26)27)32-11-10-17(28)13-32/h3-9,12,14,17,22H,10-11,13,28H2,1-2H3/t17?,22-/m1/s1. The van der Waals surface area contributed by atoms with Gasteiger partial charge in [-0.2, -0.15) is 13.2 Å². The van der Waals surface area contributed by atoms with Crippen LogP contribution < -0.4 is 5.73 Å². The van der Waals surface area contributed by atoms with Crippen molar-refractivity contribution >= 4 is 16.6 Å². The number of pyridine rings is 2. The Balaban J connectivity index is 1.62. The summed E-state index contributed by atoms with van der Waals surface area (Å²) < 4.78 is 43.9. The van der Waals surface area contributed by atoms with E-state index < -0.39 is 12.2 Å². The molecule has 3 aromatic heterocycles. The van der Waals surface area contributed by atoms with E-state index in [1.165, 1.54) is 17.2 Å². The van der Waals surface area contributed by atoms with E-state index in [2.05, 4.69) is 24.0 Å². The number of likely N-dealkylation sites (tertiary alicyclic amines) is 1. The van der Waals surface area contributed by atoms with Crippen molar-refractivity contribution < 1.29 is 13.2 Å². The SMILES string of the molecule is CC(C)c1cccc2ccc(-c3nnc4ccc([C@@H](N5CCC(N)C5)C(F)(F)F)cn34)nc12. The first-order chi connectivity index (χ1) is 15.7. The molecule has 2 N–H and O–H groups in total. The van der Waals surface area contributed by atoms with E-state index in [4.69, 9.17) is 10.7 Å². The van der Waals surface area contributed by atoms with Gasteiger partial charge in [-0.25, -0.2) is 4.98 Å². The zero-order valence-corrected chi connectivity index (χ0v) is 18.4. The second kappa shape index (κ2) is 8.07. The van der Waals surface area contributed by atoms with Crippen LogP contribution in [0.3, 0.4) is 0 Å². The van der Waals surface area contributed by atoms with Crippen molar-refractivity contribution in [1.29, 1.82) is 0 Å². The Morgan fingerprint density at radius 2 is 1.88 bits per heavy atom. The number of aromatic nitrogens is 4. The van der Waals surface area contributed by atoms with Crippen LogP contribution in [0, 0.1) is 0 Å². The number of hydrogen-bond donors (Lipinski definition) is 1. The van der Waals surface area contributed by atoms with Crippen LogP contribution >= 0.6 is 0 Å². The molecule has 33 heavy (non-hydrogen) atoms. The maximum atomic E-state index is 14.1. The summed E-state index contributed by atoms with van der Waals surface area (Å²) in [6.07, 6.45) is -2.40. The average molecular weight is 455 g/mol. The summed E-state index contributed by atoms with van der Waals surface area (Å²) in [6, 6.07) is 10.9. The summed E-state index contributed by atoms with van der Waals surface area (Å²) in [5.41, 5.74) is 9.02. The van der Waals surface area contributed by atoms with E-state index in [1.54, 1.807) is 10.5 Å². The topological polar surface area (TPSA) is 72.3 Å². The highest BCUT2D eigenvalue weighted by molar-refractivity contribution is 5.84. The summed E-state index contributed by atoms with van der Waals surface area (Å²) in [6.45, 7) is 4.72. The van der Waals surface area contributed by atoms with Gasteiger partial charge in [0.2, 0.25) is 0 Å². The minimum Gasteiger partial charge on any atom is -0.326 e. The predicted octanol–water partition coefficient (Wildman–Crippen LogP) is 4.70. The lowest BCUT2D eigenvalue weighted by molar-refractivity contribution is -0.183. The van der Waals surface area contributed by atoms with Crippen LogP contribution in [-0.4, -0.2) is 49.8 Å². The number of halogens is 3. The first-order valence-corrected chi connectivity index (χ1v) is 11.0. The fourth-order valence-corrected chi connectivity index (χ4v) is 4.66. The molecule has 1 fully saturated rings. The summed E-state index contributed by atoms with van der Waals surface area (Å²) in [5.74, 6) is 0.684. The van der Waals surface area contributed by atoms with Crippen molar-refractivity contribution in [2.45, 2.75) is 44.4 Å². The monoisotopic (exact) mass is 454 g/mol. The van der Waals surface area contributed by atoms with E-state index in [-0.39, 0.29) is 24.1 Å². The second-order valence-electron chi connectivity index (χ2n) is 8.97. The molecule has 5 rings (SSSR count). The molecule has 0 amide bonds. The lowest BCUT2D eigenvalue weighted by Crippen LogP contribution is -2.38. The van der Waals surface area contributed by atoms with Gasteiger partial charge in [0.15, 0.2) is 11.5 Å². The molecule has 2 atom stereocenters. The molecule has 9 heteroatoms. The average Bonchev–Trinajstić information content (AvgIpc) is 3.38. The van der Waals surface area contributed by atoms with Gasteiger partial charge in [-0.1, -0.05) is 44.2 Å². The molecule has 0 spiro atoms. The number of hydrogen-bond acceptors (Lipinski definition) is 5. The van der Waals surface area contributed by atoms with Gasteiger partial charge in [0.1, 0.15) is 11.7 Å². The molecule has 1 saturated heterocycles. The Hall–Kier alpha value is -3.04. The molecule has 0 bridgehead atoms. The van der Waals surface area contributed by atoms with E-state index >= 15 is 0 Å².